The van der Waals surface area contributed by atoms with Crippen molar-refractivity contribution in [3.8, 4) is 0 Å². The Labute approximate surface area is 147 Å². The third-order valence-corrected chi connectivity index (χ3v) is 4.72. The Morgan fingerprint density at radius 3 is 2.84 bits per heavy atom. The minimum atomic E-state index is -0.0388. The summed E-state index contributed by atoms with van der Waals surface area (Å²) in [6.07, 6.45) is 4.81. The van der Waals surface area contributed by atoms with Crippen LogP contribution < -0.4 is 5.32 Å². The lowest BCUT2D eigenvalue weighted by atomic mass is 9.99. The van der Waals surface area contributed by atoms with Crippen LogP contribution in [0.5, 0.6) is 0 Å². The summed E-state index contributed by atoms with van der Waals surface area (Å²) in [5, 5.41) is 14.1. The molecule has 1 aliphatic rings. The first-order valence-electron chi connectivity index (χ1n) is 8.91. The zero-order chi connectivity index (χ0) is 17.8. The van der Waals surface area contributed by atoms with Crippen molar-refractivity contribution < 1.29 is 9.32 Å². The summed E-state index contributed by atoms with van der Waals surface area (Å²) in [4.78, 5) is 18.9. The minimum Gasteiger partial charge on any atom is -0.339 e. The van der Waals surface area contributed by atoms with E-state index in [1.165, 1.54) is 0 Å². The van der Waals surface area contributed by atoms with E-state index in [1.54, 1.807) is 6.92 Å². The highest BCUT2D eigenvalue weighted by atomic mass is 16.5. The topological polar surface area (TPSA) is 99.9 Å². The lowest BCUT2D eigenvalue weighted by Gasteiger charge is -2.30. The maximum Gasteiger partial charge on any atom is 0.317 e. The number of hydrogen-bond donors (Lipinski definition) is 2. The van der Waals surface area contributed by atoms with Crippen LogP contribution in [0.25, 0.3) is 0 Å². The van der Waals surface area contributed by atoms with Crippen LogP contribution in [-0.4, -0.2) is 44.4 Å². The predicted octanol–water partition coefficient (Wildman–Crippen LogP) is 2.59. The first-order valence-corrected chi connectivity index (χ1v) is 8.91. The van der Waals surface area contributed by atoms with Gasteiger partial charge in [-0.05, 0) is 33.6 Å². The molecule has 1 aliphatic heterocycles. The number of aromatic nitrogens is 4. The predicted molar refractivity (Wildman–Crippen MR) is 92.1 cm³/mol. The Bertz CT molecular complexity index is 703. The van der Waals surface area contributed by atoms with Gasteiger partial charge in [0.05, 0.1) is 11.7 Å². The van der Waals surface area contributed by atoms with Gasteiger partial charge >= 0.3 is 6.03 Å². The second kappa shape index (κ2) is 7.67. The molecule has 25 heavy (non-hydrogen) atoms. The number of urea groups is 1. The van der Waals surface area contributed by atoms with E-state index in [-0.39, 0.29) is 12.1 Å². The van der Waals surface area contributed by atoms with Gasteiger partial charge in [-0.1, -0.05) is 18.0 Å². The third-order valence-electron chi connectivity index (χ3n) is 4.72. The van der Waals surface area contributed by atoms with Gasteiger partial charge in [0, 0.05) is 30.8 Å². The molecule has 1 fully saturated rings. The van der Waals surface area contributed by atoms with Crippen LogP contribution in [0.3, 0.4) is 0 Å². The molecule has 0 radical (unpaired) electrons. The van der Waals surface area contributed by atoms with Crippen LogP contribution in [0.15, 0.2) is 4.52 Å². The van der Waals surface area contributed by atoms with Crippen LogP contribution in [0.1, 0.15) is 60.4 Å². The number of aryl methyl sites for hydroxylation is 3. The second-order valence-electron chi connectivity index (χ2n) is 6.62. The normalized spacial score (nSPS) is 18.2. The van der Waals surface area contributed by atoms with E-state index in [0.29, 0.717) is 24.7 Å². The van der Waals surface area contributed by atoms with Crippen LogP contribution in [0, 0.1) is 20.8 Å². The first-order chi connectivity index (χ1) is 12.1. The zero-order valence-corrected chi connectivity index (χ0v) is 15.1. The molecule has 8 nitrogen and oxygen atoms in total. The second-order valence-corrected chi connectivity index (χ2v) is 6.62. The van der Waals surface area contributed by atoms with Crippen molar-refractivity contribution >= 4 is 6.03 Å². The molecule has 2 aromatic heterocycles. The molecule has 3 rings (SSSR count). The fraction of sp³-hybridized carbons (Fsp3) is 0.647. The van der Waals surface area contributed by atoms with E-state index in [2.05, 4.69) is 25.7 Å². The van der Waals surface area contributed by atoms with Gasteiger partial charge < -0.3 is 14.7 Å². The van der Waals surface area contributed by atoms with E-state index < -0.39 is 0 Å². The molecule has 0 spiro atoms. The largest absolute Gasteiger partial charge is 0.339 e. The molecule has 0 saturated carbocycles. The fourth-order valence-electron chi connectivity index (χ4n) is 3.52. The van der Waals surface area contributed by atoms with Crippen LogP contribution >= 0.6 is 0 Å². The highest BCUT2D eigenvalue weighted by Gasteiger charge is 2.30. The molecule has 1 saturated heterocycles. The summed E-state index contributed by atoms with van der Waals surface area (Å²) < 4.78 is 5.08. The lowest BCUT2D eigenvalue weighted by Crippen LogP contribution is -2.43. The highest BCUT2D eigenvalue weighted by Crippen LogP contribution is 2.33. The Hall–Kier alpha value is -2.38. The molecule has 0 aromatic carbocycles. The maximum atomic E-state index is 12.8. The van der Waals surface area contributed by atoms with E-state index >= 15 is 0 Å². The molecular formula is C17H26N6O2. The number of carbonyl (C=O) groups is 1. The molecule has 0 aliphatic carbocycles. The number of rotatable bonds is 4. The van der Waals surface area contributed by atoms with Crippen molar-refractivity contribution in [2.24, 2.45) is 0 Å². The summed E-state index contributed by atoms with van der Waals surface area (Å²) >= 11 is 0. The van der Waals surface area contributed by atoms with E-state index in [4.69, 9.17) is 4.52 Å². The minimum absolute atomic E-state index is 0.0388. The van der Waals surface area contributed by atoms with E-state index in [9.17, 15) is 4.79 Å². The van der Waals surface area contributed by atoms with E-state index in [1.807, 2.05) is 18.7 Å². The van der Waals surface area contributed by atoms with Crippen molar-refractivity contribution in [1.82, 2.24) is 30.6 Å². The zero-order valence-electron chi connectivity index (χ0n) is 15.1. The number of aromatic amines is 1. The molecule has 2 aromatic rings. The lowest BCUT2D eigenvalue weighted by molar-refractivity contribution is 0.175. The van der Waals surface area contributed by atoms with Crippen molar-refractivity contribution in [1.29, 1.82) is 0 Å². The monoisotopic (exact) mass is 346 g/mol. The Kier molecular flexibility index (Phi) is 5.35. The quantitative estimate of drug-likeness (QED) is 0.886. The van der Waals surface area contributed by atoms with E-state index in [0.717, 1.165) is 49.2 Å². The molecule has 1 atom stereocenters. The molecule has 0 unspecified atom stereocenters. The van der Waals surface area contributed by atoms with Crippen molar-refractivity contribution in [3.63, 3.8) is 0 Å². The number of carbonyl (C=O) groups excluding carboxylic acids is 1. The summed E-state index contributed by atoms with van der Waals surface area (Å²) in [6, 6.07) is 0.0371. The average molecular weight is 346 g/mol. The summed E-state index contributed by atoms with van der Waals surface area (Å²) in [7, 11) is 0. The van der Waals surface area contributed by atoms with Gasteiger partial charge in [0.2, 0.25) is 5.89 Å². The number of nitrogens with zero attached hydrogens (tertiary/aromatic N) is 4. The van der Waals surface area contributed by atoms with Gasteiger partial charge in [-0.2, -0.15) is 10.1 Å². The highest BCUT2D eigenvalue weighted by molar-refractivity contribution is 5.75. The molecular weight excluding hydrogens is 320 g/mol. The van der Waals surface area contributed by atoms with Crippen molar-refractivity contribution in [2.45, 2.75) is 58.9 Å². The summed E-state index contributed by atoms with van der Waals surface area (Å²) in [6.45, 7) is 7.04. The molecule has 3 heterocycles. The smallest absolute Gasteiger partial charge is 0.317 e. The van der Waals surface area contributed by atoms with Gasteiger partial charge in [0.1, 0.15) is 0 Å². The fourth-order valence-corrected chi connectivity index (χ4v) is 3.52. The Morgan fingerprint density at radius 1 is 1.32 bits per heavy atom. The van der Waals surface area contributed by atoms with Gasteiger partial charge in [0.15, 0.2) is 5.82 Å². The first kappa shape index (κ1) is 17.4. The molecule has 2 amide bonds. The number of H-pyrrole nitrogens is 1. The van der Waals surface area contributed by atoms with Crippen LogP contribution in [-0.2, 0) is 6.42 Å². The summed E-state index contributed by atoms with van der Waals surface area (Å²) in [5.74, 6) is 1.16. The number of amides is 2. The number of nitrogens with one attached hydrogen (secondary N) is 2. The molecule has 8 heteroatoms. The standard InChI is InChI=1S/C17H26N6O2/c1-11-16(12(2)21-20-11)14-7-5-4-6-10-23(14)17(24)18-9-8-15-19-13(3)22-25-15/h14H,4-10H2,1-3H3,(H,18,24)(H,20,21)/t14-/m0/s1. The van der Waals surface area contributed by atoms with Crippen LogP contribution in [0.2, 0.25) is 0 Å². The Morgan fingerprint density at radius 2 is 2.16 bits per heavy atom. The molecule has 2 N–H and O–H groups in total. The molecule has 0 bridgehead atoms. The van der Waals surface area contributed by atoms with Gasteiger partial charge in [0.25, 0.3) is 0 Å². The third kappa shape index (κ3) is 4.00. The van der Waals surface area contributed by atoms with Gasteiger partial charge in [-0.15, -0.1) is 0 Å². The van der Waals surface area contributed by atoms with Gasteiger partial charge in [-0.25, -0.2) is 4.79 Å². The van der Waals surface area contributed by atoms with Gasteiger partial charge in [-0.3, -0.25) is 5.10 Å². The SMILES string of the molecule is Cc1noc(CCNC(=O)N2CCCCC[C@H]2c2c(C)n[nH]c2C)n1. The Balaban J connectivity index is 1.67. The average Bonchev–Trinajstić information content (AvgIpc) is 3.04. The maximum absolute atomic E-state index is 12.8. The summed E-state index contributed by atoms with van der Waals surface area (Å²) in [5.41, 5.74) is 3.18. The number of likely N-dealkylation sites (tertiary alicyclic amines) is 1. The molecule has 136 valence electrons. The van der Waals surface area contributed by atoms with Crippen LogP contribution in [0.4, 0.5) is 4.79 Å². The van der Waals surface area contributed by atoms with Crippen molar-refractivity contribution in [3.05, 3.63) is 28.7 Å². The number of hydrogen-bond acceptors (Lipinski definition) is 5. The van der Waals surface area contributed by atoms with Crippen molar-refractivity contribution in [2.75, 3.05) is 13.1 Å².